The van der Waals surface area contributed by atoms with E-state index in [0.29, 0.717) is 6.54 Å². The first-order valence-corrected chi connectivity index (χ1v) is 5.17. The standard InChI is InChI=1S/C12H18N2O2/c1-8-4-10(6-14-7-11(13)15)5-9(2)12(8)16-3/h4-5,14H,6-7H2,1-3H3,(H2,13,15). The fraction of sp³-hybridized carbons (Fsp3) is 0.417. The van der Waals surface area contributed by atoms with E-state index in [1.54, 1.807) is 7.11 Å². The zero-order chi connectivity index (χ0) is 12.1. The van der Waals surface area contributed by atoms with Gasteiger partial charge in [0.1, 0.15) is 5.75 Å². The topological polar surface area (TPSA) is 64.3 Å². The molecule has 1 aromatic rings. The summed E-state index contributed by atoms with van der Waals surface area (Å²) >= 11 is 0. The number of benzene rings is 1. The maximum atomic E-state index is 10.6. The Morgan fingerprint density at radius 3 is 2.38 bits per heavy atom. The summed E-state index contributed by atoms with van der Waals surface area (Å²) in [7, 11) is 1.67. The highest BCUT2D eigenvalue weighted by atomic mass is 16.5. The first-order chi connectivity index (χ1) is 7.54. The second-order valence-corrected chi connectivity index (χ2v) is 3.83. The summed E-state index contributed by atoms with van der Waals surface area (Å²) in [6, 6.07) is 4.08. The van der Waals surface area contributed by atoms with Crippen LogP contribution < -0.4 is 15.8 Å². The monoisotopic (exact) mass is 222 g/mol. The highest BCUT2D eigenvalue weighted by Gasteiger charge is 2.05. The van der Waals surface area contributed by atoms with Crippen molar-refractivity contribution in [3.63, 3.8) is 0 Å². The molecule has 0 aliphatic carbocycles. The van der Waals surface area contributed by atoms with E-state index in [1.807, 2.05) is 26.0 Å². The molecule has 0 fully saturated rings. The van der Waals surface area contributed by atoms with E-state index in [0.717, 1.165) is 22.4 Å². The van der Waals surface area contributed by atoms with Crippen LogP contribution in [0.15, 0.2) is 12.1 Å². The van der Waals surface area contributed by atoms with Crippen LogP contribution >= 0.6 is 0 Å². The number of aryl methyl sites for hydroxylation is 2. The quantitative estimate of drug-likeness (QED) is 0.777. The van der Waals surface area contributed by atoms with Crippen LogP contribution in [0.3, 0.4) is 0 Å². The van der Waals surface area contributed by atoms with Crippen LogP contribution in [0.2, 0.25) is 0 Å². The van der Waals surface area contributed by atoms with Crippen molar-refractivity contribution in [2.24, 2.45) is 5.73 Å². The van der Waals surface area contributed by atoms with Crippen molar-refractivity contribution in [1.82, 2.24) is 5.32 Å². The zero-order valence-electron chi connectivity index (χ0n) is 9.96. The largest absolute Gasteiger partial charge is 0.496 e. The highest BCUT2D eigenvalue weighted by molar-refractivity contribution is 5.75. The fourth-order valence-electron chi connectivity index (χ4n) is 1.79. The number of hydrogen-bond acceptors (Lipinski definition) is 3. The molecule has 1 rings (SSSR count). The molecular weight excluding hydrogens is 204 g/mol. The third-order valence-electron chi connectivity index (χ3n) is 2.35. The molecule has 4 nitrogen and oxygen atoms in total. The Hall–Kier alpha value is -1.55. The smallest absolute Gasteiger partial charge is 0.231 e. The lowest BCUT2D eigenvalue weighted by molar-refractivity contribution is -0.117. The second-order valence-electron chi connectivity index (χ2n) is 3.83. The Labute approximate surface area is 95.8 Å². The van der Waals surface area contributed by atoms with Crippen LogP contribution in [0.5, 0.6) is 5.75 Å². The van der Waals surface area contributed by atoms with Gasteiger partial charge in [0.05, 0.1) is 13.7 Å². The van der Waals surface area contributed by atoms with Crippen molar-refractivity contribution in [1.29, 1.82) is 0 Å². The molecule has 0 spiro atoms. The number of hydrogen-bond donors (Lipinski definition) is 2. The van der Waals surface area contributed by atoms with Crippen LogP contribution in [-0.2, 0) is 11.3 Å². The number of rotatable bonds is 5. The number of nitrogens with two attached hydrogens (primary N) is 1. The first kappa shape index (κ1) is 12.5. The molecule has 0 saturated carbocycles. The fourth-order valence-corrected chi connectivity index (χ4v) is 1.79. The summed E-state index contributed by atoms with van der Waals surface area (Å²) in [4.78, 5) is 10.6. The van der Waals surface area contributed by atoms with Crippen LogP contribution in [-0.4, -0.2) is 19.6 Å². The van der Waals surface area contributed by atoms with E-state index in [9.17, 15) is 4.79 Å². The van der Waals surface area contributed by atoms with Gasteiger partial charge in [0.25, 0.3) is 0 Å². The molecule has 0 aromatic heterocycles. The molecule has 88 valence electrons. The van der Waals surface area contributed by atoms with Crippen LogP contribution in [0, 0.1) is 13.8 Å². The highest BCUT2D eigenvalue weighted by Crippen LogP contribution is 2.24. The van der Waals surface area contributed by atoms with E-state index in [-0.39, 0.29) is 12.5 Å². The third kappa shape index (κ3) is 3.24. The molecule has 0 bridgehead atoms. The lowest BCUT2D eigenvalue weighted by atomic mass is 10.1. The summed E-state index contributed by atoms with van der Waals surface area (Å²) in [6.45, 7) is 4.84. The number of ether oxygens (including phenoxy) is 1. The lowest BCUT2D eigenvalue weighted by Crippen LogP contribution is -2.28. The predicted octanol–water partition coefficient (Wildman–Crippen LogP) is 0.887. The summed E-state index contributed by atoms with van der Waals surface area (Å²) in [5.74, 6) is 0.570. The van der Waals surface area contributed by atoms with Crippen LogP contribution in [0.1, 0.15) is 16.7 Å². The molecule has 0 unspecified atom stereocenters. The minimum absolute atomic E-state index is 0.199. The lowest BCUT2D eigenvalue weighted by Gasteiger charge is -2.11. The second kappa shape index (κ2) is 5.51. The Kier molecular flexibility index (Phi) is 4.31. The molecule has 0 aliphatic rings. The van der Waals surface area contributed by atoms with Crippen molar-refractivity contribution < 1.29 is 9.53 Å². The Bertz CT molecular complexity index is 366. The van der Waals surface area contributed by atoms with Gasteiger partial charge in [-0.25, -0.2) is 0 Å². The van der Waals surface area contributed by atoms with Gasteiger partial charge in [-0.3, -0.25) is 4.79 Å². The van der Waals surface area contributed by atoms with Crippen molar-refractivity contribution in [2.75, 3.05) is 13.7 Å². The average Bonchev–Trinajstić information content (AvgIpc) is 2.16. The van der Waals surface area contributed by atoms with Crippen molar-refractivity contribution in [2.45, 2.75) is 20.4 Å². The Balaban J connectivity index is 2.72. The number of carbonyl (C=O) groups excluding carboxylic acids is 1. The Morgan fingerprint density at radius 2 is 1.94 bits per heavy atom. The molecule has 0 heterocycles. The van der Waals surface area contributed by atoms with Gasteiger partial charge in [-0.05, 0) is 30.5 Å². The normalized spacial score (nSPS) is 10.2. The van der Waals surface area contributed by atoms with Gasteiger partial charge in [0, 0.05) is 6.54 Å². The molecule has 0 atom stereocenters. The van der Waals surface area contributed by atoms with Crippen molar-refractivity contribution in [3.05, 3.63) is 28.8 Å². The summed E-state index contributed by atoms with van der Waals surface area (Å²) < 4.78 is 5.28. The van der Waals surface area contributed by atoms with E-state index in [2.05, 4.69) is 5.32 Å². The summed E-state index contributed by atoms with van der Waals surface area (Å²) in [5, 5.41) is 2.98. The zero-order valence-corrected chi connectivity index (χ0v) is 9.96. The summed E-state index contributed by atoms with van der Waals surface area (Å²) in [6.07, 6.45) is 0. The van der Waals surface area contributed by atoms with Crippen molar-refractivity contribution in [3.8, 4) is 5.75 Å². The molecule has 0 radical (unpaired) electrons. The first-order valence-electron chi connectivity index (χ1n) is 5.17. The van der Waals surface area contributed by atoms with Crippen LogP contribution in [0.25, 0.3) is 0 Å². The van der Waals surface area contributed by atoms with Gasteiger partial charge in [-0.1, -0.05) is 12.1 Å². The number of carbonyl (C=O) groups is 1. The maximum absolute atomic E-state index is 10.6. The van der Waals surface area contributed by atoms with E-state index in [4.69, 9.17) is 10.5 Å². The van der Waals surface area contributed by atoms with Gasteiger partial charge >= 0.3 is 0 Å². The molecule has 4 heteroatoms. The molecule has 0 saturated heterocycles. The van der Waals surface area contributed by atoms with Gasteiger partial charge in [-0.15, -0.1) is 0 Å². The van der Waals surface area contributed by atoms with Gasteiger partial charge in [0.15, 0.2) is 0 Å². The molecule has 3 N–H and O–H groups in total. The predicted molar refractivity (Wildman–Crippen MR) is 63.4 cm³/mol. The molecule has 16 heavy (non-hydrogen) atoms. The average molecular weight is 222 g/mol. The number of methoxy groups -OCH3 is 1. The SMILES string of the molecule is COc1c(C)cc(CNCC(N)=O)cc1C. The van der Waals surface area contributed by atoms with E-state index < -0.39 is 0 Å². The molecule has 1 aromatic carbocycles. The van der Waals surface area contributed by atoms with E-state index >= 15 is 0 Å². The van der Waals surface area contributed by atoms with Gasteiger partial charge in [-0.2, -0.15) is 0 Å². The minimum Gasteiger partial charge on any atom is -0.496 e. The molecular formula is C12H18N2O2. The van der Waals surface area contributed by atoms with Gasteiger partial charge in [0.2, 0.25) is 5.91 Å². The number of nitrogens with one attached hydrogen (secondary N) is 1. The van der Waals surface area contributed by atoms with Gasteiger partial charge < -0.3 is 15.8 Å². The Morgan fingerprint density at radius 1 is 1.38 bits per heavy atom. The van der Waals surface area contributed by atoms with Crippen LogP contribution in [0.4, 0.5) is 0 Å². The third-order valence-corrected chi connectivity index (χ3v) is 2.35. The summed E-state index contributed by atoms with van der Waals surface area (Å²) in [5.41, 5.74) is 8.35. The number of primary amides is 1. The van der Waals surface area contributed by atoms with Crippen molar-refractivity contribution >= 4 is 5.91 Å². The maximum Gasteiger partial charge on any atom is 0.231 e. The molecule has 0 aliphatic heterocycles. The number of amides is 1. The van der Waals surface area contributed by atoms with E-state index in [1.165, 1.54) is 0 Å². The molecule has 1 amide bonds. The minimum atomic E-state index is -0.345.